The molecule has 10 heteroatoms. The first-order valence-electron chi connectivity index (χ1n) is 9.08. The van der Waals surface area contributed by atoms with Crippen LogP contribution in [0.4, 0.5) is 8.78 Å². The van der Waals surface area contributed by atoms with Crippen LogP contribution in [0.15, 0.2) is 16.9 Å². The van der Waals surface area contributed by atoms with Gasteiger partial charge in [-0.15, -0.1) is 0 Å². The summed E-state index contributed by atoms with van der Waals surface area (Å²) in [6.07, 6.45) is -1.07. The van der Waals surface area contributed by atoms with E-state index in [1.807, 2.05) is 6.07 Å². The number of hydrogen-bond donors (Lipinski definition) is 3. The van der Waals surface area contributed by atoms with E-state index in [0.29, 0.717) is 11.3 Å². The molecule has 1 aromatic heterocycles. The summed E-state index contributed by atoms with van der Waals surface area (Å²) in [4.78, 5) is 39.3. The number of carbonyl (C=O) groups excluding carboxylic acids is 1. The monoisotopic (exact) mass is 404 g/mol. The standard InChI is InChI=1S/C19H19F2N5O3/c1-9-12(19(28)25-14-4-3-13(20)17(21)16(9)14)5-15(27)24-10(2)18-23-7-11(6-22)8-26(18)29/h3-4,10-11,18,23H,5,7-8H2,1-2H3,(H-,24,25,27,28)/p+1. The molecule has 1 saturated heterocycles. The van der Waals surface area contributed by atoms with Gasteiger partial charge in [-0.05, 0) is 31.5 Å². The Kier molecular flexibility index (Phi) is 5.70. The maximum absolute atomic E-state index is 14.2. The summed E-state index contributed by atoms with van der Waals surface area (Å²) < 4.78 is 28.5. The molecule has 152 valence electrons. The van der Waals surface area contributed by atoms with Crippen molar-refractivity contribution in [1.82, 2.24) is 15.6 Å². The molecule has 0 bridgehead atoms. The van der Waals surface area contributed by atoms with E-state index >= 15 is 0 Å². The highest BCUT2D eigenvalue weighted by molar-refractivity contribution is 5.86. The van der Waals surface area contributed by atoms with Gasteiger partial charge >= 0.3 is 0 Å². The summed E-state index contributed by atoms with van der Waals surface area (Å²) in [5.41, 5.74) is -0.222. The lowest BCUT2D eigenvalue weighted by molar-refractivity contribution is -0.608. The highest BCUT2D eigenvalue weighted by atomic mass is 19.2. The molecule has 1 fully saturated rings. The molecule has 2 heterocycles. The van der Waals surface area contributed by atoms with Gasteiger partial charge in [0.25, 0.3) is 11.7 Å². The zero-order valence-corrected chi connectivity index (χ0v) is 15.9. The molecule has 3 N–H and O–H groups in total. The van der Waals surface area contributed by atoms with Crippen molar-refractivity contribution in [2.75, 3.05) is 13.1 Å². The van der Waals surface area contributed by atoms with Gasteiger partial charge in [-0.3, -0.25) is 14.9 Å². The number of aromatic amines is 1. The molecular weight excluding hydrogens is 384 g/mol. The lowest BCUT2D eigenvalue weighted by Crippen LogP contribution is -2.59. The van der Waals surface area contributed by atoms with Gasteiger partial charge in [-0.1, -0.05) is 0 Å². The van der Waals surface area contributed by atoms with E-state index in [0.717, 1.165) is 6.07 Å². The topological polar surface area (TPSA) is 118 Å². The van der Waals surface area contributed by atoms with E-state index in [1.54, 1.807) is 6.92 Å². The fourth-order valence-electron chi connectivity index (χ4n) is 3.57. The number of nitrogens with zero attached hydrogens (tertiary/aromatic N) is 2. The van der Waals surface area contributed by atoms with E-state index in [-0.39, 0.29) is 35.0 Å². The van der Waals surface area contributed by atoms with Crippen LogP contribution in [-0.2, 0) is 11.2 Å². The Balaban J connectivity index is 1.78. The summed E-state index contributed by atoms with van der Waals surface area (Å²) >= 11 is 0. The van der Waals surface area contributed by atoms with E-state index < -0.39 is 41.2 Å². The number of hydrogen-bond acceptors (Lipinski definition) is 5. The number of aryl methyl sites for hydroxylation is 1. The fourth-order valence-corrected chi connectivity index (χ4v) is 3.57. The van der Waals surface area contributed by atoms with Gasteiger partial charge in [0.2, 0.25) is 12.5 Å². The van der Waals surface area contributed by atoms with Gasteiger partial charge in [0.15, 0.2) is 11.6 Å². The van der Waals surface area contributed by atoms with E-state index in [2.05, 4.69) is 15.6 Å². The highest BCUT2D eigenvalue weighted by Crippen LogP contribution is 2.23. The maximum Gasteiger partial charge on any atom is 0.274 e. The molecule has 8 nitrogen and oxygen atoms in total. The molecule has 0 radical (unpaired) electrons. The minimum atomic E-state index is -1.09. The van der Waals surface area contributed by atoms with Crippen LogP contribution in [0.1, 0.15) is 18.1 Å². The molecule has 0 spiro atoms. The van der Waals surface area contributed by atoms with E-state index in [9.17, 15) is 23.3 Å². The molecule has 2 aromatic rings. The number of aromatic nitrogens is 1. The van der Waals surface area contributed by atoms with Crippen LogP contribution >= 0.6 is 0 Å². The van der Waals surface area contributed by atoms with Gasteiger partial charge in [0.1, 0.15) is 12.0 Å². The predicted octanol–water partition coefficient (Wildman–Crippen LogP) is 1.01. The molecule has 29 heavy (non-hydrogen) atoms. The van der Waals surface area contributed by atoms with Crippen molar-refractivity contribution in [3.05, 3.63) is 50.2 Å². The third-order valence-corrected chi connectivity index (χ3v) is 5.11. The molecule has 1 aliphatic heterocycles. The van der Waals surface area contributed by atoms with Crippen LogP contribution in [-0.4, -0.2) is 40.9 Å². The Morgan fingerprint density at radius 2 is 2.17 bits per heavy atom. The number of rotatable bonds is 4. The predicted molar refractivity (Wildman–Crippen MR) is 99.9 cm³/mol. The average Bonchev–Trinajstić information content (AvgIpc) is 2.67. The number of nitrogens with one attached hydrogen (secondary N) is 3. The Bertz CT molecular complexity index is 1090. The Hall–Kier alpha value is -3.19. The first-order chi connectivity index (χ1) is 13.7. The smallest absolute Gasteiger partial charge is 0.274 e. The Morgan fingerprint density at radius 1 is 1.45 bits per heavy atom. The van der Waals surface area contributed by atoms with Crippen molar-refractivity contribution in [3.63, 3.8) is 0 Å². The van der Waals surface area contributed by atoms with Gasteiger partial charge in [-0.25, -0.2) is 8.78 Å². The first kappa shape index (κ1) is 20.5. The van der Waals surface area contributed by atoms with Crippen molar-refractivity contribution in [1.29, 1.82) is 5.26 Å². The number of amides is 1. The number of halogens is 2. The Morgan fingerprint density at radius 3 is 2.83 bits per heavy atom. The third-order valence-electron chi connectivity index (χ3n) is 5.11. The second-order valence-corrected chi connectivity index (χ2v) is 7.15. The van der Waals surface area contributed by atoms with E-state index in [4.69, 9.17) is 5.26 Å². The van der Waals surface area contributed by atoms with Gasteiger partial charge in [0, 0.05) is 27.2 Å². The molecule has 0 aliphatic carbocycles. The normalized spacial score (nSPS) is 20.3. The van der Waals surface area contributed by atoms with Crippen molar-refractivity contribution in [2.45, 2.75) is 32.5 Å². The lowest BCUT2D eigenvalue weighted by atomic mass is 10.0. The highest BCUT2D eigenvalue weighted by Gasteiger charge is 2.39. The van der Waals surface area contributed by atoms with Crippen LogP contribution in [0.5, 0.6) is 0 Å². The number of nitriles is 1. The molecule has 1 amide bonds. The minimum Gasteiger partial charge on any atom is -0.345 e. The quantitative estimate of drug-likeness (QED) is 0.658. The largest absolute Gasteiger partial charge is 0.345 e. The van der Waals surface area contributed by atoms with Crippen molar-refractivity contribution < 1.29 is 18.3 Å². The van der Waals surface area contributed by atoms with Gasteiger partial charge in [-0.2, -0.15) is 5.26 Å². The second-order valence-electron chi connectivity index (χ2n) is 7.15. The molecule has 1 aromatic carbocycles. The van der Waals surface area contributed by atoms with Crippen LogP contribution in [0.3, 0.4) is 0 Å². The summed E-state index contributed by atoms with van der Waals surface area (Å²) in [5, 5.41) is 14.4. The summed E-state index contributed by atoms with van der Waals surface area (Å²) in [7, 11) is 0. The number of pyridine rings is 1. The Labute approximate surface area is 164 Å². The van der Waals surface area contributed by atoms with Gasteiger partial charge in [0.05, 0.1) is 18.0 Å². The summed E-state index contributed by atoms with van der Waals surface area (Å²) in [6, 6.07) is 3.60. The van der Waals surface area contributed by atoms with Crippen LogP contribution in [0, 0.1) is 40.7 Å². The van der Waals surface area contributed by atoms with E-state index in [1.165, 1.54) is 13.0 Å². The zero-order valence-electron chi connectivity index (χ0n) is 15.9. The summed E-state index contributed by atoms with van der Waals surface area (Å²) in [5.74, 6) is -3.11. The molecule has 1 aliphatic rings. The zero-order chi connectivity index (χ0) is 21.3. The number of benzene rings is 1. The number of H-pyrrole nitrogens is 1. The van der Waals surface area contributed by atoms with Gasteiger partial charge < -0.3 is 10.3 Å². The van der Waals surface area contributed by atoms with Crippen LogP contribution in [0.25, 0.3) is 10.9 Å². The molecule has 3 rings (SSSR count). The van der Waals surface area contributed by atoms with Crippen molar-refractivity contribution in [3.8, 4) is 6.07 Å². The number of fused-ring (bicyclic) bond motifs is 1. The van der Waals surface area contributed by atoms with Crippen LogP contribution in [0.2, 0.25) is 0 Å². The number of nitroso groups, excluding NO2 is 1. The average molecular weight is 404 g/mol. The molecular formula is C19H20F2N5O3+. The fraction of sp³-hybridized carbons (Fsp3) is 0.421. The summed E-state index contributed by atoms with van der Waals surface area (Å²) in [6.45, 7) is 3.44. The lowest BCUT2D eigenvalue weighted by Gasteiger charge is -2.24. The third kappa shape index (κ3) is 4.00. The van der Waals surface area contributed by atoms with Crippen LogP contribution < -0.4 is 16.2 Å². The second kappa shape index (κ2) is 8.05. The minimum absolute atomic E-state index is 0.0202. The molecule has 3 atom stereocenters. The number of carbonyl (C=O) groups is 1. The SMILES string of the molecule is Cc1c(CC(=O)NC(C)C2NCC(C#N)C[N+]2=O)c(=O)[nH]c2ccc(F)c(F)c12. The molecule has 3 unspecified atom stereocenters. The maximum atomic E-state index is 14.2. The molecule has 0 saturated carbocycles. The van der Waals surface area contributed by atoms with Crippen molar-refractivity contribution in [2.24, 2.45) is 5.92 Å². The van der Waals surface area contributed by atoms with Crippen molar-refractivity contribution >= 4 is 16.8 Å². The first-order valence-corrected chi connectivity index (χ1v) is 9.08.